The maximum atomic E-state index is 9.67. The molecule has 0 saturated carbocycles. The number of rotatable bonds is 4. The van der Waals surface area contributed by atoms with Crippen molar-refractivity contribution in [1.82, 2.24) is 10.2 Å². The summed E-state index contributed by atoms with van der Waals surface area (Å²) in [5.41, 5.74) is 1.35. The molecule has 1 heterocycles. The zero-order valence-electron chi connectivity index (χ0n) is 13.9. The molecule has 24 heavy (non-hydrogen) atoms. The first-order valence-corrected chi connectivity index (χ1v) is 8.84. The molecule has 3 aromatic carbocycles. The van der Waals surface area contributed by atoms with Crippen molar-refractivity contribution in [3.05, 3.63) is 60.2 Å². The smallest absolute Gasteiger partial charge is 0.0449 e. The van der Waals surface area contributed by atoms with Gasteiger partial charge >= 0.3 is 0 Å². The molecule has 124 valence electrons. The van der Waals surface area contributed by atoms with E-state index in [2.05, 4.69) is 64.8 Å². The lowest BCUT2D eigenvalue weighted by atomic mass is 9.91. The molecule has 1 fully saturated rings. The molecule has 0 aromatic heterocycles. The van der Waals surface area contributed by atoms with Gasteiger partial charge in [-0.3, -0.25) is 4.90 Å². The monoisotopic (exact) mass is 320 g/mol. The van der Waals surface area contributed by atoms with Gasteiger partial charge in [0.15, 0.2) is 0 Å². The third-order valence-corrected chi connectivity index (χ3v) is 5.15. The van der Waals surface area contributed by atoms with E-state index in [1.165, 1.54) is 27.1 Å². The lowest BCUT2D eigenvalue weighted by molar-refractivity contribution is 0.142. The van der Waals surface area contributed by atoms with Crippen LogP contribution in [0.1, 0.15) is 18.0 Å². The number of hydrogen-bond donors (Lipinski definition) is 2. The first kappa shape index (κ1) is 15.6. The van der Waals surface area contributed by atoms with E-state index in [4.69, 9.17) is 0 Å². The molecule has 3 heteroatoms. The van der Waals surface area contributed by atoms with Gasteiger partial charge in [-0.1, -0.05) is 48.5 Å². The van der Waals surface area contributed by atoms with Gasteiger partial charge in [-0.15, -0.1) is 0 Å². The molecule has 0 unspecified atom stereocenters. The lowest BCUT2D eigenvalue weighted by Gasteiger charge is -2.35. The van der Waals surface area contributed by atoms with Crippen molar-refractivity contribution < 1.29 is 5.11 Å². The summed E-state index contributed by atoms with van der Waals surface area (Å²) in [7, 11) is 0. The fraction of sp³-hybridized carbons (Fsp3) is 0.333. The lowest BCUT2D eigenvalue weighted by Crippen LogP contribution is -2.45. The van der Waals surface area contributed by atoms with Crippen molar-refractivity contribution in [2.75, 3.05) is 32.8 Å². The number of fused-ring (bicyclic) bond motifs is 3. The van der Waals surface area contributed by atoms with Gasteiger partial charge in [-0.2, -0.15) is 0 Å². The SMILES string of the molecule is OCC[C@H](c1cc2ccccc2c2ccccc12)N1CCNCC1. The van der Waals surface area contributed by atoms with Gasteiger partial charge in [-0.05, 0) is 39.6 Å². The highest BCUT2D eigenvalue weighted by molar-refractivity contribution is 6.09. The molecule has 0 radical (unpaired) electrons. The third-order valence-electron chi connectivity index (χ3n) is 5.15. The van der Waals surface area contributed by atoms with Gasteiger partial charge in [0, 0.05) is 38.8 Å². The van der Waals surface area contributed by atoms with Crippen LogP contribution in [-0.4, -0.2) is 42.8 Å². The largest absolute Gasteiger partial charge is 0.396 e. The highest BCUT2D eigenvalue weighted by Crippen LogP contribution is 2.35. The van der Waals surface area contributed by atoms with Gasteiger partial charge in [0.05, 0.1) is 0 Å². The molecule has 0 aliphatic carbocycles. The zero-order chi connectivity index (χ0) is 16.4. The van der Waals surface area contributed by atoms with E-state index < -0.39 is 0 Å². The van der Waals surface area contributed by atoms with E-state index in [0.717, 1.165) is 32.6 Å². The zero-order valence-corrected chi connectivity index (χ0v) is 13.9. The number of aliphatic hydroxyl groups excluding tert-OH is 1. The minimum absolute atomic E-state index is 0.218. The number of piperazine rings is 1. The predicted octanol–water partition coefficient (Wildman–Crippen LogP) is 3.32. The molecule has 0 amide bonds. The standard InChI is InChI=1S/C21H24N2O/c24-14-9-21(23-12-10-22-11-13-23)20-15-16-5-1-2-6-17(16)18-7-3-4-8-19(18)20/h1-8,15,21-22,24H,9-14H2/t21-/m1/s1. The van der Waals surface area contributed by atoms with E-state index in [1.54, 1.807) is 0 Å². The third kappa shape index (κ3) is 2.80. The van der Waals surface area contributed by atoms with Crippen LogP contribution in [0.15, 0.2) is 54.6 Å². The molecule has 3 aromatic rings. The molecule has 2 N–H and O–H groups in total. The van der Waals surface area contributed by atoms with Gasteiger partial charge in [-0.25, -0.2) is 0 Å². The van der Waals surface area contributed by atoms with Crippen LogP contribution in [0.4, 0.5) is 0 Å². The van der Waals surface area contributed by atoms with E-state index in [1.807, 2.05) is 0 Å². The number of hydrogen-bond acceptors (Lipinski definition) is 3. The fourth-order valence-corrected chi connectivity index (χ4v) is 4.01. The Hall–Kier alpha value is -1.94. The van der Waals surface area contributed by atoms with Crippen molar-refractivity contribution in [2.24, 2.45) is 0 Å². The molecule has 1 aliphatic rings. The number of nitrogens with one attached hydrogen (secondary N) is 1. The van der Waals surface area contributed by atoms with Crippen LogP contribution in [0.2, 0.25) is 0 Å². The summed E-state index contributed by atoms with van der Waals surface area (Å²) in [4.78, 5) is 2.52. The highest BCUT2D eigenvalue weighted by Gasteiger charge is 2.23. The second kappa shape index (κ2) is 6.89. The van der Waals surface area contributed by atoms with Crippen LogP contribution in [0.25, 0.3) is 21.5 Å². The summed E-state index contributed by atoms with van der Waals surface area (Å²) in [5.74, 6) is 0. The minimum atomic E-state index is 0.218. The average Bonchev–Trinajstić information content (AvgIpc) is 2.66. The molecular formula is C21H24N2O. The molecule has 3 nitrogen and oxygen atoms in total. The Bertz CT molecular complexity index is 839. The van der Waals surface area contributed by atoms with Crippen LogP contribution in [-0.2, 0) is 0 Å². The Morgan fingerprint density at radius 2 is 1.58 bits per heavy atom. The van der Waals surface area contributed by atoms with Crippen molar-refractivity contribution in [2.45, 2.75) is 12.5 Å². The van der Waals surface area contributed by atoms with Crippen molar-refractivity contribution >= 4 is 21.5 Å². The molecule has 0 bridgehead atoms. The van der Waals surface area contributed by atoms with Crippen LogP contribution in [0.5, 0.6) is 0 Å². The maximum absolute atomic E-state index is 9.67. The van der Waals surface area contributed by atoms with Crippen molar-refractivity contribution in [3.63, 3.8) is 0 Å². The van der Waals surface area contributed by atoms with E-state index in [0.29, 0.717) is 0 Å². The molecule has 0 spiro atoms. The van der Waals surface area contributed by atoms with Gasteiger partial charge in [0.25, 0.3) is 0 Å². The molecule has 1 aliphatic heterocycles. The van der Waals surface area contributed by atoms with E-state index in [9.17, 15) is 5.11 Å². The molecule has 1 saturated heterocycles. The highest BCUT2D eigenvalue weighted by atomic mass is 16.3. The summed E-state index contributed by atoms with van der Waals surface area (Å²) < 4.78 is 0. The van der Waals surface area contributed by atoms with Crippen LogP contribution >= 0.6 is 0 Å². The summed E-state index contributed by atoms with van der Waals surface area (Å²) in [5, 5.41) is 18.3. The van der Waals surface area contributed by atoms with Gasteiger partial charge in [0.1, 0.15) is 0 Å². The number of aliphatic hydroxyl groups is 1. The van der Waals surface area contributed by atoms with Gasteiger partial charge < -0.3 is 10.4 Å². The maximum Gasteiger partial charge on any atom is 0.0449 e. The quantitative estimate of drug-likeness (QED) is 0.724. The topological polar surface area (TPSA) is 35.5 Å². The molecular weight excluding hydrogens is 296 g/mol. The Balaban J connectivity index is 1.91. The summed E-state index contributed by atoms with van der Waals surface area (Å²) >= 11 is 0. The first-order valence-electron chi connectivity index (χ1n) is 8.84. The molecule has 1 atom stereocenters. The van der Waals surface area contributed by atoms with Crippen molar-refractivity contribution in [1.29, 1.82) is 0 Å². The van der Waals surface area contributed by atoms with Crippen LogP contribution in [0.3, 0.4) is 0 Å². The predicted molar refractivity (Wildman–Crippen MR) is 100 cm³/mol. The number of benzene rings is 3. The summed E-state index contributed by atoms with van der Waals surface area (Å²) in [6.45, 7) is 4.33. The second-order valence-corrected chi connectivity index (χ2v) is 6.55. The van der Waals surface area contributed by atoms with Gasteiger partial charge in [0.2, 0.25) is 0 Å². The first-order chi connectivity index (χ1) is 11.9. The van der Waals surface area contributed by atoms with Crippen LogP contribution < -0.4 is 5.32 Å². The second-order valence-electron chi connectivity index (χ2n) is 6.55. The Morgan fingerprint density at radius 1 is 0.917 bits per heavy atom. The average molecular weight is 320 g/mol. The van der Waals surface area contributed by atoms with E-state index >= 15 is 0 Å². The summed E-state index contributed by atoms with van der Waals surface area (Å²) in [6, 6.07) is 19.9. The molecule has 4 rings (SSSR count). The van der Waals surface area contributed by atoms with E-state index in [-0.39, 0.29) is 12.6 Å². The fourth-order valence-electron chi connectivity index (χ4n) is 4.01. The normalized spacial score (nSPS) is 17.4. The Labute approximate surface area is 142 Å². The summed E-state index contributed by atoms with van der Waals surface area (Å²) in [6.07, 6.45) is 0.780. The number of nitrogens with zero attached hydrogens (tertiary/aromatic N) is 1. The Kier molecular flexibility index (Phi) is 4.48. The Morgan fingerprint density at radius 3 is 2.33 bits per heavy atom. The van der Waals surface area contributed by atoms with Crippen molar-refractivity contribution in [3.8, 4) is 0 Å². The van der Waals surface area contributed by atoms with Crippen LogP contribution in [0, 0.1) is 0 Å². The minimum Gasteiger partial charge on any atom is -0.396 e.